The third kappa shape index (κ3) is 7.88. The van der Waals surface area contributed by atoms with E-state index in [-0.39, 0.29) is 17.6 Å². The van der Waals surface area contributed by atoms with Crippen molar-refractivity contribution in [3.63, 3.8) is 0 Å². The van der Waals surface area contributed by atoms with Gasteiger partial charge in [-0.25, -0.2) is 9.97 Å². The normalized spacial score (nSPS) is 16.5. The number of thioether (sulfide) groups is 3. The van der Waals surface area contributed by atoms with Gasteiger partial charge in [-0.15, -0.1) is 11.8 Å². The lowest BCUT2D eigenvalue weighted by Gasteiger charge is -2.26. The van der Waals surface area contributed by atoms with Crippen LogP contribution in [0.5, 0.6) is 0 Å². The molecule has 2 amide bonds. The SMILES string of the molecule is O=C(CSc1cc(SCc2ccccc2)nc(SCC(=O)N2CCOCC2)n1)N1CCOCC1. The van der Waals surface area contributed by atoms with Gasteiger partial charge >= 0.3 is 0 Å². The van der Waals surface area contributed by atoms with Crippen LogP contribution < -0.4 is 0 Å². The summed E-state index contributed by atoms with van der Waals surface area (Å²) >= 11 is 4.38. The Balaban J connectivity index is 1.40. The van der Waals surface area contributed by atoms with E-state index in [9.17, 15) is 9.59 Å². The van der Waals surface area contributed by atoms with Crippen molar-refractivity contribution in [1.82, 2.24) is 19.8 Å². The zero-order chi connectivity index (χ0) is 23.6. The molecule has 2 fully saturated rings. The fraction of sp³-hybridized carbons (Fsp3) is 0.478. The molecular weight excluding hydrogens is 492 g/mol. The first-order valence-electron chi connectivity index (χ1n) is 11.2. The Morgan fingerprint density at radius 2 is 1.29 bits per heavy atom. The molecule has 182 valence electrons. The second kappa shape index (κ2) is 13.3. The number of morpholine rings is 2. The fourth-order valence-electron chi connectivity index (χ4n) is 3.40. The van der Waals surface area contributed by atoms with E-state index in [1.165, 1.54) is 29.1 Å². The summed E-state index contributed by atoms with van der Waals surface area (Å²) in [4.78, 5) is 38.1. The minimum atomic E-state index is 0.0657. The van der Waals surface area contributed by atoms with Gasteiger partial charge in [-0.3, -0.25) is 9.59 Å². The van der Waals surface area contributed by atoms with Gasteiger partial charge in [-0.1, -0.05) is 53.9 Å². The predicted octanol–water partition coefficient (Wildman–Crippen LogP) is 2.67. The van der Waals surface area contributed by atoms with E-state index in [4.69, 9.17) is 9.47 Å². The zero-order valence-electron chi connectivity index (χ0n) is 18.9. The second-order valence-electron chi connectivity index (χ2n) is 7.66. The van der Waals surface area contributed by atoms with Gasteiger partial charge in [0, 0.05) is 38.0 Å². The predicted molar refractivity (Wildman–Crippen MR) is 134 cm³/mol. The van der Waals surface area contributed by atoms with Crippen LogP contribution in [-0.4, -0.2) is 95.7 Å². The third-order valence-corrected chi connectivity index (χ3v) is 7.99. The van der Waals surface area contributed by atoms with E-state index >= 15 is 0 Å². The Bertz CT molecular complexity index is 902. The summed E-state index contributed by atoms with van der Waals surface area (Å²) in [6, 6.07) is 12.1. The summed E-state index contributed by atoms with van der Waals surface area (Å²) in [5, 5.41) is 2.14. The highest BCUT2D eigenvalue weighted by atomic mass is 32.2. The van der Waals surface area contributed by atoms with Crippen molar-refractivity contribution in [1.29, 1.82) is 0 Å². The van der Waals surface area contributed by atoms with Crippen LogP contribution in [0.15, 0.2) is 51.6 Å². The van der Waals surface area contributed by atoms with Gasteiger partial charge in [0.25, 0.3) is 0 Å². The Kier molecular flexibility index (Phi) is 9.93. The summed E-state index contributed by atoms with van der Waals surface area (Å²) in [5.74, 6) is 1.53. The summed E-state index contributed by atoms with van der Waals surface area (Å²) in [6.07, 6.45) is 0. The lowest BCUT2D eigenvalue weighted by molar-refractivity contribution is -0.133. The number of ether oxygens (including phenoxy) is 2. The smallest absolute Gasteiger partial charge is 0.233 e. The van der Waals surface area contributed by atoms with Crippen molar-refractivity contribution >= 4 is 47.1 Å². The average Bonchev–Trinajstić information content (AvgIpc) is 2.90. The summed E-state index contributed by atoms with van der Waals surface area (Å²) in [7, 11) is 0. The number of carbonyl (C=O) groups excluding carboxylic acids is 2. The van der Waals surface area contributed by atoms with Crippen LogP contribution in [-0.2, 0) is 24.8 Å². The number of benzene rings is 1. The maximum atomic E-state index is 12.6. The number of carbonyl (C=O) groups is 2. The molecule has 2 saturated heterocycles. The molecule has 0 atom stereocenters. The largest absolute Gasteiger partial charge is 0.378 e. The molecule has 34 heavy (non-hydrogen) atoms. The molecule has 1 aromatic heterocycles. The molecule has 8 nitrogen and oxygen atoms in total. The van der Waals surface area contributed by atoms with Gasteiger partial charge in [-0.2, -0.15) is 0 Å². The second-order valence-corrected chi connectivity index (χ2v) is 10.6. The minimum absolute atomic E-state index is 0.0657. The van der Waals surface area contributed by atoms with Crippen LogP contribution in [0.25, 0.3) is 0 Å². The van der Waals surface area contributed by atoms with Crippen molar-refractivity contribution in [2.75, 3.05) is 64.1 Å². The fourth-order valence-corrected chi connectivity index (χ4v) is 6.00. The van der Waals surface area contributed by atoms with Crippen molar-refractivity contribution in [3.8, 4) is 0 Å². The molecule has 11 heteroatoms. The topological polar surface area (TPSA) is 84.9 Å². The molecule has 4 rings (SSSR count). The average molecular weight is 521 g/mol. The van der Waals surface area contributed by atoms with Crippen LogP contribution in [0.2, 0.25) is 0 Å². The molecule has 0 N–H and O–H groups in total. The van der Waals surface area contributed by atoms with Gasteiger partial charge in [-0.05, 0) is 5.56 Å². The van der Waals surface area contributed by atoms with Gasteiger partial charge < -0.3 is 19.3 Å². The number of hydrogen-bond donors (Lipinski definition) is 0. The molecule has 3 heterocycles. The van der Waals surface area contributed by atoms with E-state index in [1.807, 2.05) is 34.1 Å². The molecule has 0 unspecified atom stereocenters. The van der Waals surface area contributed by atoms with E-state index in [2.05, 4.69) is 22.1 Å². The Morgan fingerprint density at radius 3 is 1.88 bits per heavy atom. The van der Waals surface area contributed by atoms with Crippen molar-refractivity contribution in [2.45, 2.75) is 21.0 Å². The summed E-state index contributed by atoms with van der Waals surface area (Å²) in [5.41, 5.74) is 1.21. The number of nitrogens with zero attached hydrogens (tertiary/aromatic N) is 4. The highest BCUT2D eigenvalue weighted by Gasteiger charge is 2.19. The van der Waals surface area contributed by atoms with Gasteiger partial charge in [0.1, 0.15) is 10.1 Å². The van der Waals surface area contributed by atoms with E-state index in [0.29, 0.717) is 63.5 Å². The molecule has 0 radical (unpaired) electrons. The third-order valence-electron chi connectivity index (χ3n) is 5.28. The molecule has 2 aliphatic heterocycles. The number of hydrogen-bond acceptors (Lipinski definition) is 9. The van der Waals surface area contributed by atoms with E-state index in [0.717, 1.165) is 15.8 Å². The van der Waals surface area contributed by atoms with E-state index < -0.39 is 0 Å². The highest BCUT2D eigenvalue weighted by Crippen LogP contribution is 2.28. The first-order valence-corrected chi connectivity index (χ1v) is 14.2. The standard InChI is InChI=1S/C23H28N4O4S3/c28-21(26-6-10-30-11-7-26)16-33-20-14-19(32-15-18-4-2-1-3-5-18)24-23(25-20)34-17-22(29)27-8-12-31-13-9-27/h1-5,14H,6-13,15-17H2. The molecule has 1 aromatic carbocycles. The Hall–Kier alpha value is -1.79. The van der Waals surface area contributed by atoms with Gasteiger partial charge in [0.2, 0.25) is 11.8 Å². The summed E-state index contributed by atoms with van der Waals surface area (Å²) in [6.45, 7) is 4.84. The van der Waals surface area contributed by atoms with Crippen LogP contribution in [0.4, 0.5) is 0 Å². The van der Waals surface area contributed by atoms with Gasteiger partial charge in [0.15, 0.2) is 5.16 Å². The zero-order valence-corrected chi connectivity index (χ0v) is 21.3. The quantitative estimate of drug-likeness (QED) is 0.281. The Labute approximate surface area is 212 Å². The minimum Gasteiger partial charge on any atom is -0.378 e. The maximum absolute atomic E-state index is 12.6. The molecule has 2 aliphatic rings. The molecule has 0 bridgehead atoms. The molecule has 0 spiro atoms. The number of rotatable bonds is 9. The van der Waals surface area contributed by atoms with Crippen LogP contribution in [0.1, 0.15) is 5.56 Å². The lowest BCUT2D eigenvalue weighted by atomic mass is 10.2. The van der Waals surface area contributed by atoms with Crippen molar-refractivity contribution in [2.24, 2.45) is 0 Å². The van der Waals surface area contributed by atoms with E-state index in [1.54, 1.807) is 11.8 Å². The highest BCUT2D eigenvalue weighted by molar-refractivity contribution is 8.00. The first-order chi connectivity index (χ1) is 16.7. The van der Waals surface area contributed by atoms with Crippen molar-refractivity contribution < 1.29 is 19.1 Å². The van der Waals surface area contributed by atoms with Crippen molar-refractivity contribution in [3.05, 3.63) is 42.0 Å². The maximum Gasteiger partial charge on any atom is 0.233 e. The first kappa shape index (κ1) is 25.3. The molecule has 0 saturated carbocycles. The molecular formula is C23H28N4O4S3. The van der Waals surface area contributed by atoms with Crippen LogP contribution >= 0.6 is 35.3 Å². The summed E-state index contributed by atoms with van der Waals surface area (Å²) < 4.78 is 10.7. The number of aromatic nitrogens is 2. The Morgan fingerprint density at radius 1 is 0.765 bits per heavy atom. The number of amides is 2. The lowest BCUT2D eigenvalue weighted by Crippen LogP contribution is -2.41. The molecule has 2 aromatic rings. The van der Waals surface area contributed by atoms with Crippen LogP contribution in [0, 0.1) is 0 Å². The van der Waals surface area contributed by atoms with Crippen LogP contribution in [0.3, 0.4) is 0 Å². The molecule has 0 aliphatic carbocycles. The van der Waals surface area contributed by atoms with Gasteiger partial charge in [0.05, 0.1) is 37.9 Å². The monoisotopic (exact) mass is 520 g/mol.